The summed E-state index contributed by atoms with van der Waals surface area (Å²) < 4.78 is 60.0. The summed E-state index contributed by atoms with van der Waals surface area (Å²) in [5.41, 5.74) is -1.26. The van der Waals surface area contributed by atoms with E-state index in [9.17, 15) is 32.3 Å². The highest BCUT2D eigenvalue weighted by Gasteiger charge is 2.56. The number of carbonyl (C=O) groups excluding carboxylic acids is 1. The Morgan fingerprint density at radius 3 is 2.39 bits per heavy atom. The molecule has 6 rings (SSSR count). The Labute approximate surface area is 253 Å². The number of aromatic nitrogens is 1. The first-order valence-corrected chi connectivity index (χ1v) is 15.2. The van der Waals surface area contributed by atoms with Gasteiger partial charge in [-0.25, -0.2) is 14.2 Å². The number of carboxylic acid groups (broad SMARTS) is 1. The zero-order valence-corrected chi connectivity index (χ0v) is 24.6. The van der Waals surface area contributed by atoms with E-state index in [1.165, 1.54) is 18.3 Å². The van der Waals surface area contributed by atoms with E-state index in [0.29, 0.717) is 51.4 Å². The second-order valence-electron chi connectivity index (χ2n) is 12.4. The first-order chi connectivity index (χ1) is 21.0. The van der Waals surface area contributed by atoms with Gasteiger partial charge in [0.1, 0.15) is 17.2 Å². The lowest BCUT2D eigenvalue weighted by atomic mass is 9.85. The first-order valence-electron chi connectivity index (χ1n) is 15.2. The van der Waals surface area contributed by atoms with Crippen LogP contribution in [0.4, 0.5) is 29.1 Å². The predicted molar refractivity (Wildman–Crippen MR) is 154 cm³/mol. The second kappa shape index (κ2) is 11.8. The monoisotopic (exact) mass is 619 g/mol. The molecule has 3 atom stereocenters. The Morgan fingerprint density at radius 2 is 1.77 bits per heavy atom. The van der Waals surface area contributed by atoms with Gasteiger partial charge in [0.2, 0.25) is 0 Å². The minimum Gasteiger partial charge on any atom is -0.478 e. The number of anilines is 2. The van der Waals surface area contributed by atoms with Gasteiger partial charge in [0.25, 0.3) is 5.91 Å². The van der Waals surface area contributed by atoms with Crippen molar-refractivity contribution in [2.45, 2.75) is 56.5 Å². The van der Waals surface area contributed by atoms with E-state index in [4.69, 9.17) is 4.74 Å². The fourth-order valence-corrected chi connectivity index (χ4v) is 7.02. The number of hydrogen-bond donors (Lipinski definition) is 1. The van der Waals surface area contributed by atoms with Crippen molar-refractivity contribution in [1.29, 1.82) is 0 Å². The maximum Gasteiger partial charge on any atom is 0.416 e. The number of aromatic carboxylic acids is 1. The Hall–Kier alpha value is -3.45. The van der Waals surface area contributed by atoms with Gasteiger partial charge in [-0.1, -0.05) is 0 Å². The minimum atomic E-state index is -4.44. The summed E-state index contributed by atoms with van der Waals surface area (Å²) in [6, 6.07) is 6.42. The zero-order chi connectivity index (χ0) is 31.2. The Balaban J connectivity index is 1.05. The van der Waals surface area contributed by atoms with E-state index < -0.39 is 29.1 Å². The van der Waals surface area contributed by atoms with Gasteiger partial charge in [0, 0.05) is 69.8 Å². The molecule has 4 aliphatic rings. The van der Waals surface area contributed by atoms with Crippen molar-refractivity contribution < 1.29 is 37.0 Å². The van der Waals surface area contributed by atoms with Gasteiger partial charge < -0.3 is 24.5 Å². The van der Waals surface area contributed by atoms with Crippen molar-refractivity contribution in [1.82, 2.24) is 14.8 Å². The molecular formula is C31H37F4N5O4. The third-order valence-electron chi connectivity index (χ3n) is 9.63. The summed E-state index contributed by atoms with van der Waals surface area (Å²) in [6.07, 6.45) is 0.0333. The Bertz CT molecular complexity index is 1390. The van der Waals surface area contributed by atoms with Gasteiger partial charge in [-0.3, -0.25) is 9.69 Å². The van der Waals surface area contributed by atoms with Gasteiger partial charge in [0.05, 0.1) is 17.7 Å². The summed E-state index contributed by atoms with van der Waals surface area (Å²) >= 11 is 0. The molecule has 1 aromatic heterocycles. The van der Waals surface area contributed by atoms with E-state index >= 15 is 0 Å². The van der Waals surface area contributed by atoms with E-state index in [1.807, 2.05) is 0 Å². The molecular weight excluding hydrogens is 582 g/mol. The molecule has 0 bridgehead atoms. The number of pyridine rings is 1. The molecule has 4 heterocycles. The average Bonchev–Trinajstić information content (AvgIpc) is 3.87. The number of piperazine rings is 2. The van der Waals surface area contributed by atoms with E-state index in [2.05, 4.69) is 21.7 Å². The molecule has 238 valence electrons. The van der Waals surface area contributed by atoms with Crippen molar-refractivity contribution in [3.05, 3.63) is 53.5 Å². The van der Waals surface area contributed by atoms with Crippen molar-refractivity contribution in [2.75, 3.05) is 62.2 Å². The molecule has 0 spiro atoms. The Kier molecular flexibility index (Phi) is 8.20. The van der Waals surface area contributed by atoms with Crippen LogP contribution < -0.4 is 9.80 Å². The topological polar surface area (TPSA) is 89.5 Å². The third-order valence-corrected chi connectivity index (χ3v) is 9.63. The molecule has 9 nitrogen and oxygen atoms in total. The Morgan fingerprint density at radius 1 is 1.02 bits per heavy atom. The molecule has 0 radical (unpaired) electrons. The molecule has 44 heavy (non-hydrogen) atoms. The molecule has 2 aromatic rings. The van der Waals surface area contributed by atoms with E-state index in [-0.39, 0.29) is 35.3 Å². The zero-order valence-electron chi connectivity index (χ0n) is 24.6. The highest BCUT2D eigenvalue weighted by atomic mass is 19.4. The number of hydrogen-bond acceptors (Lipinski definition) is 7. The van der Waals surface area contributed by atoms with Crippen LogP contribution >= 0.6 is 0 Å². The van der Waals surface area contributed by atoms with Gasteiger partial charge in [-0.2, -0.15) is 13.2 Å². The molecule has 1 aromatic carbocycles. The minimum absolute atomic E-state index is 0.0150. The molecule has 13 heteroatoms. The van der Waals surface area contributed by atoms with E-state index in [0.717, 1.165) is 44.5 Å². The van der Waals surface area contributed by atoms with Gasteiger partial charge in [0.15, 0.2) is 0 Å². The number of benzene rings is 1. The number of nitrogens with zero attached hydrogens (tertiary/aromatic N) is 5. The van der Waals surface area contributed by atoms with E-state index in [1.54, 1.807) is 15.9 Å². The van der Waals surface area contributed by atoms with Gasteiger partial charge in [-0.05, 0) is 68.9 Å². The van der Waals surface area contributed by atoms with Crippen molar-refractivity contribution in [3.63, 3.8) is 0 Å². The van der Waals surface area contributed by atoms with Crippen LogP contribution in [0.15, 0.2) is 36.5 Å². The molecule has 1 saturated carbocycles. The highest BCUT2D eigenvalue weighted by molar-refractivity contribution is 5.89. The van der Waals surface area contributed by atoms with Crippen LogP contribution in [0.25, 0.3) is 0 Å². The van der Waals surface area contributed by atoms with Crippen LogP contribution in [0.2, 0.25) is 0 Å². The molecule has 1 amide bonds. The number of alkyl halides is 3. The lowest BCUT2D eigenvalue weighted by Gasteiger charge is -2.49. The molecule has 1 N–H and O–H groups in total. The summed E-state index contributed by atoms with van der Waals surface area (Å²) in [5.74, 6) is -1.62. The van der Waals surface area contributed by atoms with Crippen molar-refractivity contribution >= 4 is 23.4 Å². The predicted octanol–water partition coefficient (Wildman–Crippen LogP) is 4.12. The summed E-state index contributed by atoms with van der Waals surface area (Å²) in [4.78, 5) is 37.6. The average molecular weight is 620 g/mol. The van der Waals surface area contributed by atoms with Crippen LogP contribution in [0.1, 0.15) is 48.5 Å². The number of rotatable bonds is 6. The van der Waals surface area contributed by atoms with Crippen LogP contribution in [0, 0.1) is 11.7 Å². The fraction of sp³-hybridized carbons (Fsp3) is 0.581. The number of carbonyl (C=O) groups is 2. The highest BCUT2D eigenvalue weighted by Crippen LogP contribution is 2.48. The number of amides is 1. The SMILES string of the molecule is CC1CN([C@@H]2CC[C@@](C(=O)N3CCN(c4cc(C(F)(F)F)ccn4)CC3)(C3CC3)OC2)CCN1c1ccc(F)c(C(=O)O)c1. The summed E-state index contributed by atoms with van der Waals surface area (Å²) in [6.45, 7) is 6.18. The molecule has 3 aliphatic heterocycles. The smallest absolute Gasteiger partial charge is 0.416 e. The third kappa shape index (κ3) is 5.95. The quantitative estimate of drug-likeness (QED) is 0.484. The lowest BCUT2D eigenvalue weighted by molar-refractivity contribution is -0.176. The van der Waals surface area contributed by atoms with Crippen molar-refractivity contribution in [3.8, 4) is 0 Å². The molecule has 1 aliphatic carbocycles. The maximum atomic E-state index is 13.9. The first kappa shape index (κ1) is 30.6. The van der Waals surface area contributed by atoms with Gasteiger partial charge in [-0.15, -0.1) is 0 Å². The lowest BCUT2D eigenvalue weighted by Crippen LogP contribution is -2.62. The number of carboxylic acids is 1. The molecule has 1 unspecified atom stereocenters. The standard InChI is InChI=1S/C31H37F4N5O4/c1-20-18-39(14-15-40(20)23-4-5-26(32)25(17-23)28(41)42)24-6-8-30(44-19-24,21-2-3-21)29(43)38-12-10-37(11-13-38)27-16-22(7-9-36-27)31(33,34)35/h4-5,7,9,16-17,20-21,24H,2-3,6,8,10-15,18-19H2,1H3,(H,41,42)/t20?,24-,30+/m1/s1. The normalized spacial score (nSPS) is 27.0. The largest absolute Gasteiger partial charge is 0.478 e. The van der Waals surface area contributed by atoms with Crippen LogP contribution in [-0.4, -0.2) is 102 Å². The number of ether oxygens (including phenoxy) is 1. The van der Waals surface area contributed by atoms with Crippen LogP contribution in [0.3, 0.4) is 0 Å². The molecule has 3 saturated heterocycles. The summed E-state index contributed by atoms with van der Waals surface area (Å²) in [5, 5.41) is 9.32. The second-order valence-corrected chi connectivity index (χ2v) is 12.4. The van der Waals surface area contributed by atoms with Crippen LogP contribution in [0.5, 0.6) is 0 Å². The number of halogens is 4. The summed E-state index contributed by atoms with van der Waals surface area (Å²) in [7, 11) is 0. The fourth-order valence-electron chi connectivity index (χ4n) is 7.02. The maximum absolute atomic E-state index is 13.9. The van der Waals surface area contributed by atoms with Gasteiger partial charge >= 0.3 is 12.1 Å². The van der Waals surface area contributed by atoms with Crippen molar-refractivity contribution in [2.24, 2.45) is 5.92 Å². The van der Waals surface area contributed by atoms with Crippen LogP contribution in [-0.2, 0) is 15.7 Å². The molecule has 4 fully saturated rings.